The van der Waals surface area contributed by atoms with E-state index in [1.54, 1.807) is 0 Å². The number of hydrogen-bond donors (Lipinski definition) is 2. The van der Waals surface area contributed by atoms with Crippen molar-refractivity contribution < 1.29 is 9.53 Å². The predicted octanol–water partition coefficient (Wildman–Crippen LogP) is 1.38. The first-order valence-corrected chi connectivity index (χ1v) is 6.95. The summed E-state index contributed by atoms with van der Waals surface area (Å²) in [5.74, 6) is 0.0153. The highest BCUT2D eigenvalue weighted by Gasteiger charge is 2.17. The Morgan fingerprint density at radius 2 is 2.30 bits per heavy atom. The van der Waals surface area contributed by atoms with Gasteiger partial charge >= 0.3 is 0 Å². The molecule has 1 aliphatic heterocycles. The van der Waals surface area contributed by atoms with Crippen LogP contribution in [0.3, 0.4) is 0 Å². The van der Waals surface area contributed by atoms with Gasteiger partial charge in [-0.05, 0) is 24.6 Å². The highest BCUT2D eigenvalue weighted by atomic mass is 16.5. The maximum absolute atomic E-state index is 12.0. The zero-order valence-corrected chi connectivity index (χ0v) is 12.4. The number of amides is 1. The molecule has 0 aliphatic carbocycles. The lowest BCUT2D eigenvalue weighted by Gasteiger charge is -2.23. The largest absolute Gasteiger partial charge is 0.378 e. The molecule has 1 amide bonds. The monoisotopic (exact) mass is 277 g/mol. The fraction of sp³-hybridized carbons (Fsp3) is 0.533. The predicted molar refractivity (Wildman–Crippen MR) is 81.4 cm³/mol. The molecule has 0 radical (unpaired) electrons. The molecule has 1 aromatic carbocycles. The first-order chi connectivity index (χ1) is 9.56. The molecular formula is C15H23N3O2. The molecule has 0 aromatic heterocycles. The average Bonchev–Trinajstić information content (AvgIpc) is 2.41. The van der Waals surface area contributed by atoms with Crippen molar-refractivity contribution in [1.29, 1.82) is 0 Å². The third kappa shape index (κ3) is 3.95. The third-order valence-corrected chi connectivity index (χ3v) is 3.40. The van der Waals surface area contributed by atoms with Gasteiger partial charge in [-0.3, -0.25) is 4.79 Å². The van der Waals surface area contributed by atoms with Crippen LogP contribution in [0, 0.1) is 6.92 Å². The van der Waals surface area contributed by atoms with Crippen LogP contribution >= 0.6 is 0 Å². The van der Waals surface area contributed by atoms with Crippen LogP contribution in [-0.4, -0.2) is 45.8 Å². The fourth-order valence-corrected chi connectivity index (χ4v) is 2.36. The van der Waals surface area contributed by atoms with Gasteiger partial charge in [-0.25, -0.2) is 0 Å². The summed E-state index contributed by atoms with van der Waals surface area (Å²) in [4.78, 5) is 14.1. The Labute approximate surface area is 120 Å². The number of hydrogen-bond acceptors (Lipinski definition) is 4. The molecule has 110 valence electrons. The summed E-state index contributed by atoms with van der Waals surface area (Å²) < 4.78 is 5.35. The lowest BCUT2D eigenvalue weighted by molar-refractivity contribution is -0.117. The topological polar surface area (TPSA) is 53.6 Å². The quantitative estimate of drug-likeness (QED) is 0.873. The lowest BCUT2D eigenvalue weighted by atomic mass is 10.1. The van der Waals surface area contributed by atoms with Crippen molar-refractivity contribution in [3.63, 3.8) is 0 Å². The maximum atomic E-state index is 12.0. The second kappa shape index (κ2) is 6.72. The molecule has 1 heterocycles. The van der Waals surface area contributed by atoms with Crippen LogP contribution in [0.4, 0.5) is 11.4 Å². The Bertz CT molecular complexity index is 468. The second-order valence-electron chi connectivity index (χ2n) is 5.37. The summed E-state index contributed by atoms with van der Waals surface area (Å²) in [6.07, 6.45) is 0.436. The molecule has 0 saturated carbocycles. The molecule has 0 bridgehead atoms. The van der Waals surface area contributed by atoms with Gasteiger partial charge in [0.1, 0.15) is 0 Å². The molecule has 20 heavy (non-hydrogen) atoms. The molecule has 0 spiro atoms. The van der Waals surface area contributed by atoms with Crippen LogP contribution < -0.4 is 15.5 Å². The Kier molecular flexibility index (Phi) is 4.98. The van der Waals surface area contributed by atoms with E-state index in [0.717, 1.165) is 24.5 Å². The summed E-state index contributed by atoms with van der Waals surface area (Å²) in [6.45, 7) is 4.20. The van der Waals surface area contributed by atoms with Crippen molar-refractivity contribution in [1.82, 2.24) is 5.32 Å². The van der Waals surface area contributed by atoms with E-state index in [1.165, 1.54) is 5.56 Å². The van der Waals surface area contributed by atoms with Gasteiger partial charge in [0.15, 0.2) is 0 Å². The van der Waals surface area contributed by atoms with Crippen LogP contribution in [0.15, 0.2) is 18.2 Å². The zero-order chi connectivity index (χ0) is 14.5. The molecule has 1 unspecified atom stereocenters. The van der Waals surface area contributed by atoms with Crippen LogP contribution in [-0.2, 0) is 9.53 Å². The Morgan fingerprint density at radius 3 is 2.95 bits per heavy atom. The van der Waals surface area contributed by atoms with E-state index >= 15 is 0 Å². The number of benzene rings is 1. The van der Waals surface area contributed by atoms with Crippen molar-refractivity contribution in [2.45, 2.75) is 19.4 Å². The highest BCUT2D eigenvalue weighted by molar-refractivity contribution is 5.91. The van der Waals surface area contributed by atoms with Gasteiger partial charge in [0.25, 0.3) is 0 Å². The SMILES string of the molecule is Cc1ccc(NC(=O)CC2COCCN2)cc1N(C)C. The minimum absolute atomic E-state index is 0.0153. The molecule has 5 nitrogen and oxygen atoms in total. The second-order valence-corrected chi connectivity index (χ2v) is 5.37. The number of nitrogens with zero attached hydrogens (tertiary/aromatic N) is 1. The summed E-state index contributed by atoms with van der Waals surface area (Å²) >= 11 is 0. The number of carbonyl (C=O) groups is 1. The first-order valence-electron chi connectivity index (χ1n) is 6.95. The molecule has 2 N–H and O–H groups in total. The Balaban J connectivity index is 1.95. The number of aryl methyl sites for hydroxylation is 1. The van der Waals surface area contributed by atoms with Crippen LogP contribution in [0.1, 0.15) is 12.0 Å². The normalized spacial score (nSPS) is 18.6. The number of ether oxygens (including phenoxy) is 1. The molecule has 1 aliphatic rings. The van der Waals surface area contributed by atoms with E-state index in [2.05, 4.69) is 17.6 Å². The number of morpholine rings is 1. The van der Waals surface area contributed by atoms with Gasteiger partial charge < -0.3 is 20.3 Å². The molecule has 1 fully saturated rings. The van der Waals surface area contributed by atoms with E-state index in [9.17, 15) is 4.79 Å². The number of carbonyl (C=O) groups excluding carboxylic acids is 1. The van der Waals surface area contributed by atoms with Gasteiger partial charge in [0, 0.05) is 44.5 Å². The summed E-state index contributed by atoms with van der Waals surface area (Å²) in [5.41, 5.74) is 3.14. The van der Waals surface area contributed by atoms with E-state index < -0.39 is 0 Å². The van der Waals surface area contributed by atoms with E-state index in [-0.39, 0.29) is 11.9 Å². The van der Waals surface area contributed by atoms with Crippen molar-refractivity contribution >= 4 is 17.3 Å². The van der Waals surface area contributed by atoms with Gasteiger partial charge in [-0.15, -0.1) is 0 Å². The molecule has 1 aromatic rings. The standard InChI is InChI=1S/C15H23N3O2/c1-11-4-5-12(8-14(11)18(2)3)17-15(19)9-13-10-20-7-6-16-13/h4-5,8,13,16H,6-7,9-10H2,1-3H3,(H,17,19). The van der Waals surface area contributed by atoms with Crippen LogP contribution in [0.25, 0.3) is 0 Å². The van der Waals surface area contributed by atoms with Gasteiger partial charge in [-0.2, -0.15) is 0 Å². The first kappa shape index (κ1) is 14.8. The van der Waals surface area contributed by atoms with Crippen molar-refractivity contribution in [2.75, 3.05) is 44.1 Å². The zero-order valence-electron chi connectivity index (χ0n) is 12.4. The lowest BCUT2D eigenvalue weighted by Crippen LogP contribution is -2.43. The third-order valence-electron chi connectivity index (χ3n) is 3.40. The summed E-state index contributed by atoms with van der Waals surface area (Å²) in [7, 11) is 3.99. The molecule has 1 atom stereocenters. The average molecular weight is 277 g/mol. The number of anilines is 2. The Morgan fingerprint density at radius 1 is 1.50 bits per heavy atom. The number of nitrogens with one attached hydrogen (secondary N) is 2. The van der Waals surface area contributed by atoms with Gasteiger partial charge in [-0.1, -0.05) is 6.07 Å². The fourth-order valence-electron chi connectivity index (χ4n) is 2.36. The summed E-state index contributed by atoms with van der Waals surface area (Å²) in [5, 5.41) is 6.23. The van der Waals surface area contributed by atoms with Gasteiger partial charge in [0.2, 0.25) is 5.91 Å². The molecule has 5 heteroatoms. The van der Waals surface area contributed by atoms with E-state index in [1.807, 2.05) is 37.2 Å². The number of rotatable bonds is 4. The minimum Gasteiger partial charge on any atom is -0.378 e. The molecule has 2 rings (SSSR count). The smallest absolute Gasteiger partial charge is 0.226 e. The van der Waals surface area contributed by atoms with Crippen molar-refractivity contribution in [3.05, 3.63) is 23.8 Å². The van der Waals surface area contributed by atoms with Crippen molar-refractivity contribution in [3.8, 4) is 0 Å². The van der Waals surface area contributed by atoms with E-state index in [0.29, 0.717) is 13.0 Å². The molecule has 1 saturated heterocycles. The van der Waals surface area contributed by atoms with Crippen molar-refractivity contribution in [2.24, 2.45) is 0 Å². The Hall–Kier alpha value is -1.59. The molecular weight excluding hydrogens is 254 g/mol. The highest BCUT2D eigenvalue weighted by Crippen LogP contribution is 2.22. The van der Waals surface area contributed by atoms with Crippen LogP contribution in [0.2, 0.25) is 0 Å². The van der Waals surface area contributed by atoms with E-state index in [4.69, 9.17) is 4.74 Å². The van der Waals surface area contributed by atoms with Crippen LogP contribution in [0.5, 0.6) is 0 Å². The minimum atomic E-state index is 0.0153. The van der Waals surface area contributed by atoms with Gasteiger partial charge in [0.05, 0.1) is 13.2 Å². The maximum Gasteiger partial charge on any atom is 0.226 e. The summed E-state index contributed by atoms with van der Waals surface area (Å²) in [6, 6.07) is 6.07.